The van der Waals surface area contributed by atoms with Crippen molar-refractivity contribution >= 4 is 40.9 Å². The number of hydrogen-bond donors (Lipinski definition) is 1. The molecule has 1 aliphatic rings. The molecule has 0 spiro atoms. The first kappa shape index (κ1) is 19.4. The molecule has 3 rings (SSSR count). The van der Waals surface area contributed by atoms with Crippen LogP contribution in [0, 0.1) is 10.1 Å². The van der Waals surface area contributed by atoms with Crippen LogP contribution in [0.2, 0.25) is 0 Å². The molecule has 144 valence electrons. The summed E-state index contributed by atoms with van der Waals surface area (Å²) < 4.78 is 1.73. The van der Waals surface area contributed by atoms with Crippen molar-refractivity contribution in [3.8, 4) is 5.69 Å². The van der Waals surface area contributed by atoms with E-state index in [9.17, 15) is 19.7 Å². The number of hydrogen-bond acceptors (Lipinski definition) is 5. The van der Waals surface area contributed by atoms with Crippen molar-refractivity contribution in [1.82, 2.24) is 14.8 Å². The fraction of sp³-hybridized carbons (Fsp3) is 0.211. The van der Waals surface area contributed by atoms with E-state index in [-0.39, 0.29) is 22.4 Å². The molecular formula is C19H18N4O4S. The fourth-order valence-corrected chi connectivity index (χ4v) is 3.24. The van der Waals surface area contributed by atoms with E-state index < -0.39 is 16.7 Å². The minimum absolute atomic E-state index is 0.0178. The van der Waals surface area contributed by atoms with Crippen LogP contribution in [0.25, 0.3) is 11.8 Å². The van der Waals surface area contributed by atoms with Crippen molar-refractivity contribution in [3.05, 3.63) is 64.0 Å². The van der Waals surface area contributed by atoms with Crippen LogP contribution < -0.4 is 5.32 Å². The molecule has 0 bridgehead atoms. The summed E-state index contributed by atoms with van der Waals surface area (Å²) in [6, 6.07) is 9.35. The van der Waals surface area contributed by atoms with Crippen molar-refractivity contribution in [2.24, 2.45) is 0 Å². The van der Waals surface area contributed by atoms with Gasteiger partial charge in [-0.05, 0) is 55.9 Å². The van der Waals surface area contributed by atoms with E-state index in [1.54, 1.807) is 35.0 Å². The molecule has 28 heavy (non-hydrogen) atoms. The molecule has 2 amide bonds. The van der Waals surface area contributed by atoms with Crippen LogP contribution >= 0.6 is 12.2 Å². The Balaban J connectivity index is 1.99. The van der Waals surface area contributed by atoms with E-state index >= 15 is 0 Å². The second-order valence-electron chi connectivity index (χ2n) is 6.33. The number of carbonyl (C=O) groups is 2. The summed E-state index contributed by atoms with van der Waals surface area (Å²) >= 11 is 5.15. The first-order valence-corrected chi connectivity index (χ1v) is 9.07. The standard InChI is InChI=1S/C19H18N4O4S/c1-3-12(2)22-18(25)16(17(24)20-19(22)28)11-15-5-4-10-21(15)13-6-8-14(9-7-13)23(26)27/h4-12H,3H2,1-2H3,(H,20,24,28)/b16-11+/t12-/m0/s1. The van der Waals surface area contributed by atoms with E-state index in [1.807, 2.05) is 13.8 Å². The van der Waals surface area contributed by atoms with Crippen LogP contribution in [0.4, 0.5) is 5.69 Å². The number of carbonyl (C=O) groups excluding carboxylic acids is 2. The van der Waals surface area contributed by atoms with Crippen molar-refractivity contribution < 1.29 is 14.5 Å². The molecule has 0 radical (unpaired) electrons. The minimum atomic E-state index is -0.550. The van der Waals surface area contributed by atoms with Gasteiger partial charge in [0.2, 0.25) is 0 Å². The molecule has 2 aromatic rings. The third kappa shape index (κ3) is 3.56. The lowest BCUT2D eigenvalue weighted by Crippen LogP contribution is -2.56. The van der Waals surface area contributed by atoms with Gasteiger partial charge in [0.15, 0.2) is 5.11 Å². The Morgan fingerprint density at radius 1 is 1.25 bits per heavy atom. The highest BCUT2D eigenvalue weighted by atomic mass is 32.1. The number of amides is 2. The van der Waals surface area contributed by atoms with Gasteiger partial charge < -0.3 is 4.57 Å². The summed E-state index contributed by atoms with van der Waals surface area (Å²) in [4.78, 5) is 37.0. The average molecular weight is 398 g/mol. The maximum atomic E-state index is 12.9. The number of benzene rings is 1. The van der Waals surface area contributed by atoms with E-state index in [4.69, 9.17) is 12.2 Å². The molecule has 1 aromatic heterocycles. The van der Waals surface area contributed by atoms with Gasteiger partial charge in [-0.3, -0.25) is 29.9 Å². The Bertz CT molecular complexity index is 994. The summed E-state index contributed by atoms with van der Waals surface area (Å²) in [5.41, 5.74) is 1.22. The van der Waals surface area contributed by atoms with Gasteiger partial charge in [0.1, 0.15) is 5.57 Å². The van der Waals surface area contributed by atoms with Crippen LogP contribution in [-0.4, -0.2) is 37.4 Å². The lowest BCUT2D eigenvalue weighted by atomic mass is 10.1. The molecule has 1 N–H and O–H groups in total. The molecular weight excluding hydrogens is 380 g/mol. The van der Waals surface area contributed by atoms with Crippen LogP contribution in [0.5, 0.6) is 0 Å². The number of nitrogens with one attached hydrogen (secondary N) is 1. The number of rotatable bonds is 5. The topological polar surface area (TPSA) is 97.5 Å². The Hall–Kier alpha value is -3.33. The lowest BCUT2D eigenvalue weighted by Gasteiger charge is -2.33. The Labute approximate surface area is 166 Å². The zero-order valence-corrected chi connectivity index (χ0v) is 16.1. The molecule has 0 saturated carbocycles. The van der Waals surface area contributed by atoms with Gasteiger partial charge in [0.25, 0.3) is 17.5 Å². The molecule has 1 aliphatic heterocycles. The zero-order chi connectivity index (χ0) is 20.4. The Kier molecular flexibility index (Phi) is 5.36. The summed E-state index contributed by atoms with van der Waals surface area (Å²) in [5.74, 6) is -0.995. The van der Waals surface area contributed by atoms with Gasteiger partial charge >= 0.3 is 0 Å². The molecule has 0 unspecified atom stereocenters. The molecule has 1 aromatic carbocycles. The van der Waals surface area contributed by atoms with Crippen molar-refractivity contribution in [3.63, 3.8) is 0 Å². The predicted octanol–water partition coefficient (Wildman–Crippen LogP) is 2.81. The van der Waals surface area contributed by atoms with Crippen LogP contribution in [0.15, 0.2) is 48.2 Å². The van der Waals surface area contributed by atoms with E-state index in [0.717, 1.165) is 0 Å². The molecule has 0 aliphatic carbocycles. The number of nitro benzene ring substituents is 1. The normalized spacial score (nSPS) is 17.0. The molecule has 2 heterocycles. The summed E-state index contributed by atoms with van der Waals surface area (Å²) in [7, 11) is 0. The van der Waals surface area contributed by atoms with E-state index in [0.29, 0.717) is 17.8 Å². The van der Waals surface area contributed by atoms with Gasteiger partial charge in [0.05, 0.1) is 4.92 Å². The fourth-order valence-electron chi connectivity index (χ4n) is 2.88. The SMILES string of the molecule is CC[C@H](C)N1C(=O)/C(=C/c2cccn2-c2ccc([N+](=O)[O-])cc2)C(=O)NC1=S. The third-order valence-corrected chi connectivity index (χ3v) is 4.87. The van der Waals surface area contributed by atoms with Crippen molar-refractivity contribution in [2.45, 2.75) is 26.3 Å². The number of nitrogens with zero attached hydrogens (tertiary/aromatic N) is 3. The third-order valence-electron chi connectivity index (χ3n) is 4.58. The quantitative estimate of drug-likeness (QED) is 0.275. The molecule has 8 nitrogen and oxygen atoms in total. The lowest BCUT2D eigenvalue weighted by molar-refractivity contribution is -0.384. The predicted molar refractivity (Wildman–Crippen MR) is 108 cm³/mol. The van der Waals surface area contributed by atoms with Crippen LogP contribution in [0.3, 0.4) is 0 Å². The maximum absolute atomic E-state index is 12.9. The highest BCUT2D eigenvalue weighted by molar-refractivity contribution is 7.80. The Morgan fingerprint density at radius 3 is 2.54 bits per heavy atom. The monoisotopic (exact) mass is 398 g/mol. The van der Waals surface area contributed by atoms with Gasteiger partial charge in [-0.1, -0.05) is 6.92 Å². The van der Waals surface area contributed by atoms with Crippen molar-refractivity contribution in [1.29, 1.82) is 0 Å². The van der Waals surface area contributed by atoms with Gasteiger partial charge in [-0.25, -0.2) is 0 Å². The van der Waals surface area contributed by atoms with Gasteiger partial charge in [0, 0.05) is 35.8 Å². The molecule has 1 saturated heterocycles. The van der Waals surface area contributed by atoms with Crippen molar-refractivity contribution in [2.75, 3.05) is 0 Å². The summed E-state index contributed by atoms with van der Waals surface area (Å²) in [5, 5.41) is 13.5. The minimum Gasteiger partial charge on any atom is -0.317 e. The van der Waals surface area contributed by atoms with E-state index in [2.05, 4.69) is 5.32 Å². The number of non-ortho nitro benzene ring substituents is 1. The second kappa shape index (κ2) is 7.73. The molecule has 1 atom stereocenters. The van der Waals surface area contributed by atoms with E-state index in [1.165, 1.54) is 23.1 Å². The molecule has 1 fully saturated rings. The molecule has 9 heteroatoms. The average Bonchev–Trinajstić information content (AvgIpc) is 3.13. The first-order chi connectivity index (χ1) is 13.3. The first-order valence-electron chi connectivity index (χ1n) is 8.66. The maximum Gasteiger partial charge on any atom is 0.269 e. The number of aromatic nitrogens is 1. The number of nitro groups is 1. The van der Waals surface area contributed by atoms with Crippen LogP contribution in [0.1, 0.15) is 26.0 Å². The largest absolute Gasteiger partial charge is 0.317 e. The van der Waals surface area contributed by atoms with Gasteiger partial charge in [-0.15, -0.1) is 0 Å². The van der Waals surface area contributed by atoms with Crippen LogP contribution in [-0.2, 0) is 9.59 Å². The zero-order valence-electron chi connectivity index (χ0n) is 15.3. The highest BCUT2D eigenvalue weighted by Gasteiger charge is 2.35. The number of thiocarbonyl (C=S) groups is 1. The highest BCUT2D eigenvalue weighted by Crippen LogP contribution is 2.22. The summed E-state index contributed by atoms with van der Waals surface area (Å²) in [6.45, 7) is 3.79. The second-order valence-corrected chi connectivity index (χ2v) is 6.71. The Morgan fingerprint density at radius 2 is 1.93 bits per heavy atom. The summed E-state index contributed by atoms with van der Waals surface area (Å²) in [6.07, 6.45) is 3.93. The van der Waals surface area contributed by atoms with Gasteiger partial charge in [-0.2, -0.15) is 0 Å². The smallest absolute Gasteiger partial charge is 0.269 e.